The molecule has 10 heteroatoms. The summed E-state index contributed by atoms with van der Waals surface area (Å²) in [5.41, 5.74) is 2.44. The highest BCUT2D eigenvalue weighted by molar-refractivity contribution is 5.78. The van der Waals surface area contributed by atoms with Crippen molar-refractivity contribution in [1.82, 2.24) is 29.5 Å². The number of carbonyl (C=O) groups is 1. The third-order valence-electron chi connectivity index (χ3n) is 6.10. The van der Waals surface area contributed by atoms with Gasteiger partial charge in [0.05, 0.1) is 17.3 Å². The highest BCUT2D eigenvalue weighted by atomic mass is 19.1. The second-order valence-corrected chi connectivity index (χ2v) is 10.2. The van der Waals surface area contributed by atoms with Crippen LogP contribution in [0.2, 0.25) is 0 Å². The number of nitrogens with zero attached hydrogens (tertiary/aromatic N) is 6. The zero-order valence-electron chi connectivity index (χ0n) is 21.4. The average molecular weight is 504 g/mol. The molecule has 0 aliphatic carbocycles. The number of halogens is 1. The topological polar surface area (TPSA) is 97.5 Å². The first kappa shape index (κ1) is 24.6. The first-order chi connectivity index (χ1) is 17.7. The van der Waals surface area contributed by atoms with E-state index in [1.54, 1.807) is 33.9 Å². The van der Waals surface area contributed by atoms with Gasteiger partial charge in [-0.3, -0.25) is 4.98 Å². The van der Waals surface area contributed by atoms with E-state index in [4.69, 9.17) is 4.74 Å². The standard InChI is InChI=1S/C27H30FN7O2/c1-17-14-18(10-11-29-17)23-22(28)25(31-19-8-7-12-34(16-19)26(36)37-27(2,3)4)33-24(32-23)20-15-30-35-13-6-5-9-21(20)35/h5-6,9-11,13-15,19H,7-8,12,16H2,1-4H3,(H,31,32,33)/t19-/m1/s1. The van der Waals surface area contributed by atoms with Gasteiger partial charge >= 0.3 is 6.09 Å². The lowest BCUT2D eigenvalue weighted by molar-refractivity contribution is 0.0206. The fourth-order valence-corrected chi connectivity index (χ4v) is 4.43. The molecule has 1 aliphatic heterocycles. The lowest BCUT2D eigenvalue weighted by Gasteiger charge is -2.34. The van der Waals surface area contributed by atoms with Crippen LogP contribution < -0.4 is 5.32 Å². The van der Waals surface area contributed by atoms with Gasteiger partial charge < -0.3 is 15.0 Å². The predicted octanol–water partition coefficient (Wildman–Crippen LogP) is 5.11. The molecule has 1 aliphatic rings. The van der Waals surface area contributed by atoms with Gasteiger partial charge in [0.2, 0.25) is 0 Å². The van der Waals surface area contributed by atoms with E-state index in [-0.39, 0.29) is 23.6 Å². The van der Waals surface area contributed by atoms with E-state index in [2.05, 4.69) is 25.4 Å². The molecule has 0 spiro atoms. The molecule has 5 rings (SSSR count). The SMILES string of the molecule is Cc1cc(-c2nc(-c3cnn4ccccc34)nc(N[C@@H]3CCCN(C(=O)OC(C)(C)C)C3)c2F)ccn1. The molecule has 192 valence electrons. The van der Waals surface area contributed by atoms with Crippen LogP contribution >= 0.6 is 0 Å². The summed E-state index contributed by atoms with van der Waals surface area (Å²) < 4.78 is 23.2. The number of hydrogen-bond acceptors (Lipinski definition) is 7. The molecule has 9 nitrogen and oxygen atoms in total. The molecule has 37 heavy (non-hydrogen) atoms. The molecule has 0 radical (unpaired) electrons. The third-order valence-corrected chi connectivity index (χ3v) is 6.10. The number of nitrogens with one attached hydrogen (secondary N) is 1. The molecular weight excluding hydrogens is 473 g/mol. The van der Waals surface area contributed by atoms with E-state index in [0.29, 0.717) is 30.0 Å². The number of ether oxygens (including phenoxy) is 1. The zero-order valence-corrected chi connectivity index (χ0v) is 21.4. The molecular formula is C27H30FN7O2. The fourth-order valence-electron chi connectivity index (χ4n) is 4.43. The van der Waals surface area contributed by atoms with Crippen molar-refractivity contribution in [3.63, 3.8) is 0 Å². The van der Waals surface area contributed by atoms with E-state index < -0.39 is 11.4 Å². The number of anilines is 1. The summed E-state index contributed by atoms with van der Waals surface area (Å²) in [4.78, 5) is 27.8. The van der Waals surface area contributed by atoms with Crippen LogP contribution in [0, 0.1) is 12.7 Å². The minimum Gasteiger partial charge on any atom is -0.444 e. The Labute approximate surface area is 214 Å². The number of rotatable bonds is 4. The van der Waals surface area contributed by atoms with Crippen molar-refractivity contribution < 1.29 is 13.9 Å². The molecule has 1 saturated heterocycles. The summed E-state index contributed by atoms with van der Waals surface area (Å²) in [6.45, 7) is 8.34. The summed E-state index contributed by atoms with van der Waals surface area (Å²) in [6.07, 6.45) is 6.30. The number of amides is 1. The summed E-state index contributed by atoms with van der Waals surface area (Å²) in [5, 5.41) is 7.65. The summed E-state index contributed by atoms with van der Waals surface area (Å²) in [5.74, 6) is -0.115. The lowest BCUT2D eigenvalue weighted by atomic mass is 10.1. The maximum atomic E-state index is 15.9. The van der Waals surface area contributed by atoms with Crippen LogP contribution in [-0.4, -0.2) is 60.3 Å². The number of aromatic nitrogens is 5. The third kappa shape index (κ3) is 5.37. The van der Waals surface area contributed by atoms with Crippen molar-refractivity contribution in [2.75, 3.05) is 18.4 Å². The van der Waals surface area contributed by atoms with Crippen LogP contribution in [0.5, 0.6) is 0 Å². The Balaban J connectivity index is 1.52. The predicted molar refractivity (Wildman–Crippen MR) is 139 cm³/mol. The van der Waals surface area contributed by atoms with Crippen LogP contribution in [0.25, 0.3) is 28.2 Å². The number of carbonyl (C=O) groups excluding carboxylic acids is 1. The molecule has 0 bridgehead atoms. The molecule has 1 amide bonds. The maximum absolute atomic E-state index is 15.9. The number of fused-ring (bicyclic) bond motifs is 1. The quantitative estimate of drug-likeness (QED) is 0.413. The number of hydrogen-bond donors (Lipinski definition) is 1. The first-order valence-electron chi connectivity index (χ1n) is 12.4. The van der Waals surface area contributed by atoms with Crippen molar-refractivity contribution >= 4 is 17.4 Å². The van der Waals surface area contributed by atoms with Crippen molar-refractivity contribution in [3.05, 3.63) is 60.4 Å². The van der Waals surface area contributed by atoms with Gasteiger partial charge in [0.15, 0.2) is 17.5 Å². The molecule has 0 unspecified atom stereocenters. The van der Waals surface area contributed by atoms with E-state index in [1.165, 1.54) is 0 Å². The maximum Gasteiger partial charge on any atom is 0.410 e. The van der Waals surface area contributed by atoms with Crippen LogP contribution in [0.3, 0.4) is 0 Å². The van der Waals surface area contributed by atoms with Crippen molar-refractivity contribution in [3.8, 4) is 22.6 Å². The van der Waals surface area contributed by atoms with Gasteiger partial charge in [-0.1, -0.05) is 6.07 Å². The summed E-state index contributed by atoms with van der Waals surface area (Å²) >= 11 is 0. The molecule has 5 heterocycles. The largest absolute Gasteiger partial charge is 0.444 e. The summed E-state index contributed by atoms with van der Waals surface area (Å²) in [6, 6.07) is 9.02. The Morgan fingerprint density at radius 1 is 1.22 bits per heavy atom. The van der Waals surface area contributed by atoms with Gasteiger partial charge in [0.1, 0.15) is 11.3 Å². The zero-order chi connectivity index (χ0) is 26.2. The van der Waals surface area contributed by atoms with Gasteiger partial charge in [0.25, 0.3) is 0 Å². The lowest BCUT2D eigenvalue weighted by Crippen LogP contribution is -2.47. The van der Waals surface area contributed by atoms with Gasteiger partial charge in [-0.25, -0.2) is 23.7 Å². The van der Waals surface area contributed by atoms with Crippen LogP contribution in [-0.2, 0) is 4.74 Å². The van der Waals surface area contributed by atoms with E-state index in [0.717, 1.165) is 24.1 Å². The highest BCUT2D eigenvalue weighted by Gasteiger charge is 2.29. The van der Waals surface area contributed by atoms with Gasteiger partial charge in [-0.05, 0) is 64.8 Å². The first-order valence-corrected chi connectivity index (χ1v) is 12.4. The second-order valence-electron chi connectivity index (χ2n) is 10.2. The second kappa shape index (κ2) is 9.76. The average Bonchev–Trinajstić information content (AvgIpc) is 3.29. The molecule has 4 aromatic heterocycles. The van der Waals surface area contributed by atoms with Crippen molar-refractivity contribution in [1.29, 1.82) is 0 Å². The minimum atomic E-state index is -0.586. The Hall–Kier alpha value is -4.08. The van der Waals surface area contributed by atoms with Crippen LogP contribution in [0.15, 0.2) is 48.9 Å². The normalized spacial score (nSPS) is 16.1. The number of likely N-dealkylation sites (tertiary alicyclic amines) is 1. The molecule has 1 atom stereocenters. The smallest absolute Gasteiger partial charge is 0.410 e. The van der Waals surface area contributed by atoms with E-state index in [1.807, 2.05) is 52.1 Å². The van der Waals surface area contributed by atoms with Gasteiger partial charge in [0, 0.05) is 42.8 Å². The number of piperidine rings is 1. The monoisotopic (exact) mass is 503 g/mol. The Kier molecular flexibility index (Phi) is 6.49. The van der Waals surface area contributed by atoms with Crippen molar-refractivity contribution in [2.24, 2.45) is 0 Å². The highest BCUT2D eigenvalue weighted by Crippen LogP contribution is 2.31. The molecule has 0 aromatic carbocycles. The Bertz CT molecular complexity index is 1450. The van der Waals surface area contributed by atoms with Gasteiger partial charge in [-0.15, -0.1) is 0 Å². The molecule has 1 N–H and O–H groups in total. The number of aryl methyl sites for hydroxylation is 1. The fraction of sp³-hybridized carbons (Fsp3) is 0.370. The van der Waals surface area contributed by atoms with E-state index >= 15 is 4.39 Å². The van der Waals surface area contributed by atoms with Crippen LogP contribution in [0.4, 0.5) is 15.0 Å². The van der Waals surface area contributed by atoms with E-state index in [9.17, 15) is 4.79 Å². The van der Waals surface area contributed by atoms with Crippen LogP contribution in [0.1, 0.15) is 39.3 Å². The van der Waals surface area contributed by atoms with Crippen molar-refractivity contribution in [2.45, 2.75) is 52.2 Å². The van der Waals surface area contributed by atoms with Gasteiger partial charge in [-0.2, -0.15) is 5.10 Å². The Morgan fingerprint density at radius 2 is 2.05 bits per heavy atom. The summed E-state index contributed by atoms with van der Waals surface area (Å²) in [7, 11) is 0. The molecule has 4 aromatic rings. The number of pyridine rings is 2. The Morgan fingerprint density at radius 3 is 2.84 bits per heavy atom. The minimum absolute atomic E-state index is 0.0841. The molecule has 1 fully saturated rings. The molecule has 0 saturated carbocycles.